The van der Waals surface area contributed by atoms with Gasteiger partial charge >= 0.3 is 0 Å². The van der Waals surface area contributed by atoms with Gasteiger partial charge in [0, 0.05) is 25.2 Å². The topological polar surface area (TPSA) is 77.0 Å². The zero-order valence-corrected chi connectivity index (χ0v) is 14.4. The van der Waals surface area contributed by atoms with Gasteiger partial charge in [-0.15, -0.1) is 0 Å². The number of carbonyl (C=O) groups is 1. The van der Waals surface area contributed by atoms with Crippen LogP contribution in [0.15, 0.2) is 24.3 Å². The highest BCUT2D eigenvalue weighted by atomic mass is 16.1. The van der Waals surface area contributed by atoms with Crippen molar-refractivity contribution in [3.8, 4) is 0 Å². The van der Waals surface area contributed by atoms with Crippen molar-refractivity contribution < 1.29 is 4.79 Å². The Balaban J connectivity index is 1.62. The molecule has 1 aliphatic heterocycles. The predicted molar refractivity (Wildman–Crippen MR) is 92.5 cm³/mol. The van der Waals surface area contributed by atoms with E-state index in [1.807, 2.05) is 30.7 Å². The largest absolute Gasteiger partial charge is 0.366 e. The smallest absolute Gasteiger partial charge is 0.248 e. The molecule has 1 fully saturated rings. The average Bonchev–Trinajstić information content (AvgIpc) is 2.85. The summed E-state index contributed by atoms with van der Waals surface area (Å²) in [6, 6.07) is 7.62. The van der Waals surface area contributed by atoms with Crippen molar-refractivity contribution in [2.75, 3.05) is 13.1 Å². The molecule has 2 heterocycles. The minimum atomic E-state index is -0.370. The minimum absolute atomic E-state index is 0.370. The molecule has 0 saturated carbocycles. The van der Waals surface area contributed by atoms with Crippen LogP contribution >= 0.6 is 0 Å². The first-order chi connectivity index (χ1) is 11.5. The summed E-state index contributed by atoms with van der Waals surface area (Å²) in [5.41, 5.74) is 7.09. The third-order valence-corrected chi connectivity index (χ3v) is 4.61. The number of nitrogens with two attached hydrogens (primary N) is 1. The van der Waals surface area contributed by atoms with Crippen LogP contribution in [0.1, 0.15) is 40.4 Å². The summed E-state index contributed by atoms with van der Waals surface area (Å²) < 4.78 is 2.03. The quantitative estimate of drug-likeness (QED) is 0.910. The van der Waals surface area contributed by atoms with Crippen molar-refractivity contribution in [3.05, 3.63) is 47.0 Å². The maximum Gasteiger partial charge on any atom is 0.248 e. The summed E-state index contributed by atoms with van der Waals surface area (Å²) in [4.78, 5) is 18.2. The molecular formula is C18H25N5O. The number of aromatic nitrogens is 3. The lowest BCUT2D eigenvalue weighted by molar-refractivity contribution is 0.1000. The van der Waals surface area contributed by atoms with Crippen LogP contribution in [0.4, 0.5) is 0 Å². The summed E-state index contributed by atoms with van der Waals surface area (Å²) in [5.74, 6) is 2.03. The minimum Gasteiger partial charge on any atom is -0.366 e. The molecule has 1 aromatic carbocycles. The zero-order chi connectivity index (χ0) is 17.1. The van der Waals surface area contributed by atoms with Crippen LogP contribution < -0.4 is 5.73 Å². The molecule has 1 amide bonds. The van der Waals surface area contributed by atoms with Gasteiger partial charge in [0.25, 0.3) is 0 Å². The van der Waals surface area contributed by atoms with Gasteiger partial charge in [-0.25, -0.2) is 9.67 Å². The number of nitrogens with zero attached hydrogens (tertiary/aromatic N) is 4. The van der Waals surface area contributed by atoms with E-state index in [2.05, 4.69) is 21.0 Å². The Labute approximate surface area is 142 Å². The van der Waals surface area contributed by atoms with Gasteiger partial charge in [-0.05, 0) is 56.8 Å². The number of amides is 1. The van der Waals surface area contributed by atoms with Crippen molar-refractivity contribution in [1.29, 1.82) is 0 Å². The second kappa shape index (κ2) is 7.13. The number of rotatable bonds is 5. The van der Waals surface area contributed by atoms with E-state index in [1.54, 1.807) is 6.07 Å². The lowest BCUT2D eigenvalue weighted by Crippen LogP contribution is -2.36. The molecule has 2 N–H and O–H groups in total. The maximum atomic E-state index is 11.3. The highest BCUT2D eigenvalue weighted by Gasteiger charge is 2.21. The van der Waals surface area contributed by atoms with Gasteiger partial charge in [0.05, 0.1) is 0 Å². The maximum absolute atomic E-state index is 11.3. The van der Waals surface area contributed by atoms with Crippen LogP contribution in [0, 0.1) is 19.8 Å². The van der Waals surface area contributed by atoms with E-state index < -0.39 is 0 Å². The van der Waals surface area contributed by atoms with Gasteiger partial charge in [0.15, 0.2) is 0 Å². The van der Waals surface area contributed by atoms with Crippen molar-refractivity contribution in [3.63, 3.8) is 0 Å². The molecule has 1 saturated heterocycles. The van der Waals surface area contributed by atoms with Gasteiger partial charge in [-0.1, -0.05) is 12.1 Å². The average molecular weight is 327 g/mol. The first-order valence-electron chi connectivity index (χ1n) is 8.50. The van der Waals surface area contributed by atoms with Crippen LogP contribution in [0.2, 0.25) is 0 Å². The summed E-state index contributed by atoms with van der Waals surface area (Å²) in [6.07, 6.45) is 2.41. The Bertz CT molecular complexity index is 724. The lowest BCUT2D eigenvalue weighted by Gasteiger charge is -2.32. The van der Waals surface area contributed by atoms with Gasteiger partial charge in [-0.2, -0.15) is 5.10 Å². The molecule has 128 valence electrons. The van der Waals surface area contributed by atoms with E-state index in [-0.39, 0.29) is 5.91 Å². The third-order valence-electron chi connectivity index (χ3n) is 4.61. The van der Waals surface area contributed by atoms with Gasteiger partial charge in [0.1, 0.15) is 11.6 Å². The van der Waals surface area contributed by atoms with Crippen LogP contribution in [0.5, 0.6) is 0 Å². The Hall–Kier alpha value is -2.21. The van der Waals surface area contributed by atoms with Crippen molar-refractivity contribution >= 4 is 5.91 Å². The van der Waals surface area contributed by atoms with Crippen molar-refractivity contribution in [1.82, 2.24) is 19.7 Å². The summed E-state index contributed by atoms with van der Waals surface area (Å²) in [5, 5.41) is 4.48. The molecule has 0 unspecified atom stereocenters. The molecule has 1 aliphatic rings. The predicted octanol–water partition coefficient (Wildman–Crippen LogP) is 1.91. The Morgan fingerprint density at radius 1 is 1.38 bits per heavy atom. The molecule has 6 heteroatoms. The molecule has 24 heavy (non-hydrogen) atoms. The number of hydrogen-bond donors (Lipinski definition) is 1. The number of piperidine rings is 1. The molecule has 2 aromatic rings. The fraction of sp³-hybridized carbons (Fsp3) is 0.500. The molecule has 1 atom stereocenters. The first kappa shape index (κ1) is 16.6. The Kier molecular flexibility index (Phi) is 4.94. The fourth-order valence-corrected chi connectivity index (χ4v) is 3.50. The van der Waals surface area contributed by atoms with E-state index in [1.165, 1.54) is 12.8 Å². The zero-order valence-electron chi connectivity index (χ0n) is 14.4. The van der Waals surface area contributed by atoms with E-state index in [0.717, 1.165) is 43.4 Å². The van der Waals surface area contributed by atoms with Gasteiger partial charge < -0.3 is 5.73 Å². The molecule has 0 bridgehead atoms. The molecule has 0 radical (unpaired) electrons. The lowest BCUT2D eigenvalue weighted by atomic mass is 9.97. The van der Waals surface area contributed by atoms with E-state index in [4.69, 9.17) is 5.73 Å². The van der Waals surface area contributed by atoms with Crippen LogP contribution in [0.3, 0.4) is 0 Å². The second-order valence-corrected chi connectivity index (χ2v) is 6.70. The Morgan fingerprint density at radius 2 is 2.21 bits per heavy atom. The van der Waals surface area contributed by atoms with E-state index >= 15 is 0 Å². The highest BCUT2D eigenvalue weighted by molar-refractivity contribution is 5.92. The number of aryl methyl sites for hydroxylation is 2. The summed E-state index contributed by atoms with van der Waals surface area (Å²) >= 11 is 0. The van der Waals surface area contributed by atoms with E-state index in [9.17, 15) is 4.79 Å². The summed E-state index contributed by atoms with van der Waals surface area (Å²) in [6.45, 7) is 7.85. The molecule has 1 aromatic heterocycles. The molecule has 0 aliphatic carbocycles. The number of benzene rings is 1. The number of carbonyl (C=O) groups excluding carboxylic acids is 1. The standard InChI is InChI=1S/C18H25N5O/c1-13-20-14(2)23(21-13)12-16-6-4-8-22(11-16)10-15-5-3-7-17(9-15)18(19)24/h3,5,7,9,16H,4,6,8,10-12H2,1-2H3,(H2,19,24)/t16-/m1/s1. The van der Waals surface area contributed by atoms with Crippen LogP contribution in [-0.4, -0.2) is 38.7 Å². The number of primary amides is 1. The molecular weight excluding hydrogens is 302 g/mol. The molecule has 0 spiro atoms. The van der Waals surface area contributed by atoms with Crippen molar-refractivity contribution in [2.24, 2.45) is 11.7 Å². The van der Waals surface area contributed by atoms with E-state index in [0.29, 0.717) is 11.5 Å². The Morgan fingerprint density at radius 3 is 2.92 bits per heavy atom. The fourth-order valence-electron chi connectivity index (χ4n) is 3.50. The van der Waals surface area contributed by atoms with Gasteiger partial charge in [0.2, 0.25) is 5.91 Å². The monoisotopic (exact) mass is 327 g/mol. The molecule has 3 rings (SSSR count). The summed E-state index contributed by atoms with van der Waals surface area (Å²) in [7, 11) is 0. The number of likely N-dealkylation sites (tertiary alicyclic amines) is 1. The molecule has 6 nitrogen and oxygen atoms in total. The van der Waals surface area contributed by atoms with Crippen LogP contribution in [-0.2, 0) is 13.1 Å². The van der Waals surface area contributed by atoms with Crippen LogP contribution in [0.25, 0.3) is 0 Å². The van der Waals surface area contributed by atoms with Gasteiger partial charge in [-0.3, -0.25) is 9.69 Å². The first-order valence-corrected chi connectivity index (χ1v) is 8.50. The highest BCUT2D eigenvalue weighted by Crippen LogP contribution is 2.20. The third kappa shape index (κ3) is 4.00. The van der Waals surface area contributed by atoms with Crippen molar-refractivity contribution in [2.45, 2.75) is 39.8 Å². The SMILES string of the molecule is Cc1nc(C)n(C[C@@H]2CCCN(Cc3cccc(C(N)=O)c3)C2)n1. The second-order valence-electron chi connectivity index (χ2n) is 6.70. The normalized spacial score (nSPS) is 18.7. The number of hydrogen-bond acceptors (Lipinski definition) is 4.